The van der Waals surface area contributed by atoms with Gasteiger partial charge in [0.2, 0.25) is 0 Å². The lowest BCUT2D eigenvalue weighted by atomic mass is 10.0. The number of ether oxygens (including phenoxy) is 1. The Morgan fingerprint density at radius 2 is 1.76 bits per heavy atom. The van der Waals surface area contributed by atoms with Crippen molar-refractivity contribution in [1.82, 2.24) is 10.6 Å². The molecule has 3 N–H and O–H groups in total. The van der Waals surface area contributed by atoms with E-state index in [1.54, 1.807) is 0 Å². The zero-order chi connectivity index (χ0) is 16.2. The second-order valence-electron chi connectivity index (χ2n) is 7.08. The summed E-state index contributed by atoms with van der Waals surface area (Å²) in [4.78, 5) is 22.9. The molecule has 0 bridgehead atoms. The standard InChI is InChI=1S/C15H28N2O4/c1-9(2)12(13(18)19)16-10-6-7-11(8-10)17-14(20)21-15(3,4)5/h9-12,16H,6-8H2,1-5H3,(H,17,20)(H,18,19). The van der Waals surface area contributed by atoms with Crippen LogP contribution in [0.3, 0.4) is 0 Å². The van der Waals surface area contributed by atoms with Crippen molar-refractivity contribution < 1.29 is 19.4 Å². The van der Waals surface area contributed by atoms with E-state index in [2.05, 4.69) is 10.6 Å². The first kappa shape index (κ1) is 17.8. The van der Waals surface area contributed by atoms with Crippen molar-refractivity contribution in [3.63, 3.8) is 0 Å². The van der Waals surface area contributed by atoms with Crippen LogP contribution in [-0.2, 0) is 9.53 Å². The zero-order valence-corrected chi connectivity index (χ0v) is 13.6. The van der Waals surface area contributed by atoms with E-state index in [9.17, 15) is 14.7 Å². The number of aliphatic carboxylic acids is 1. The average molecular weight is 300 g/mol. The molecule has 0 aromatic heterocycles. The number of rotatable bonds is 5. The molecule has 1 aliphatic carbocycles. The number of carboxylic acids is 1. The maximum Gasteiger partial charge on any atom is 0.407 e. The average Bonchev–Trinajstić information content (AvgIpc) is 2.69. The zero-order valence-electron chi connectivity index (χ0n) is 13.6. The van der Waals surface area contributed by atoms with Gasteiger partial charge in [-0.2, -0.15) is 0 Å². The Hall–Kier alpha value is -1.30. The van der Waals surface area contributed by atoms with Gasteiger partial charge in [-0.1, -0.05) is 13.8 Å². The first-order valence-corrected chi connectivity index (χ1v) is 7.57. The van der Waals surface area contributed by atoms with Crippen molar-refractivity contribution in [3.05, 3.63) is 0 Å². The van der Waals surface area contributed by atoms with E-state index < -0.39 is 23.7 Å². The molecule has 0 aromatic carbocycles. The van der Waals surface area contributed by atoms with Gasteiger partial charge in [0, 0.05) is 12.1 Å². The number of nitrogens with one attached hydrogen (secondary N) is 2. The third kappa shape index (κ3) is 6.33. The molecule has 21 heavy (non-hydrogen) atoms. The van der Waals surface area contributed by atoms with E-state index in [0.29, 0.717) is 0 Å². The Balaban J connectivity index is 2.42. The number of carbonyl (C=O) groups excluding carboxylic acids is 1. The maximum atomic E-state index is 11.7. The minimum absolute atomic E-state index is 0.0281. The van der Waals surface area contributed by atoms with E-state index in [0.717, 1.165) is 19.3 Å². The summed E-state index contributed by atoms with van der Waals surface area (Å²) in [6, 6.07) is -0.386. The summed E-state index contributed by atoms with van der Waals surface area (Å²) >= 11 is 0. The van der Waals surface area contributed by atoms with E-state index >= 15 is 0 Å². The Morgan fingerprint density at radius 3 is 2.24 bits per heavy atom. The van der Waals surface area contributed by atoms with Crippen LogP contribution in [0.2, 0.25) is 0 Å². The fraction of sp³-hybridized carbons (Fsp3) is 0.867. The van der Waals surface area contributed by atoms with Gasteiger partial charge in [-0.15, -0.1) is 0 Å². The molecule has 1 amide bonds. The van der Waals surface area contributed by atoms with Gasteiger partial charge < -0.3 is 20.5 Å². The molecule has 3 unspecified atom stereocenters. The third-order valence-electron chi connectivity index (χ3n) is 3.50. The van der Waals surface area contributed by atoms with Crippen LogP contribution in [0.1, 0.15) is 53.9 Å². The van der Waals surface area contributed by atoms with Crippen molar-refractivity contribution in [2.24, 2.45) is 5.92 Å². The number of hydrogen-bond acceptors (Lipinski definition) is 4. The number of carboxylic acid groups (broad SMARTS) is 1. The molecular weight excluding hydrogens is 272 g/mol. The smallest absolute Gasteiger partial charge is 0.407 e. The predicted octanol–water partition coefficient (Wildman–Crippen LogP) is 2.13. The van der Waals surface area contributed by atoms with Crippen molar-refractivity contribution in [2.75, 3.05) is 0 Å². The monoisotopic (exact) mass is 300 g/mol. The summed E-state index contributed by atoms with van der Waals surface area (Å²) in [7, 11) is 0. The molecule has 0 saturated heterocycles. The lowest BCUT2D eigenvalue weighted by Crippen LogP contribution is -2.46. The van der Waals surface area contributed by atoms with Crippen molar-refractivity contribution >= 4 is 12.1 Å². The molecule has 3 atom stereocenters. The van der Waals surface area contributed by atoms with Gasteiger partial charge in [0.1, 0.15) is 11.6 Å². The number of amides is 1. The SMILES string of the molecule is CC(C)C(NC1CCC(NC(=O)OC(C)(C)C)C1)C(=O)O. The Kier molecular flexibility index (Phi) is 6.01. The van der Waals surface area contributed by atoms with Crippen LogP contribution in [0.15, 0.2) is 0 Å². The van der Waals surface area contributed by atoms with Crippen LogP contribution in [0, 0.1) is 5.92 Å². The van der Waals surface area contributed by atoms with Crippen LogP contribution < -0.4 is 10.6 Å². The highest BCUT2D eigenvalue weighted by molar-refractivity contribution is 5.73. The largest absolute Gasteiger partial charge is 0.480 e. The lowest BCUT2D eigenvalue weighted by molar-refractivity contribution is -0.140. The van der Waals surface area contributed by atoms with Crippen molar-refractivity contribution in [3.8, 4) is 0 Å². The maximum absolute atomic E-state index is 11.7. The lowest BCUT2D eigenvalue weighted by Gasteiger charge is -2.23. The number of hydrogen-bond donors (Lipinski definition) is 3. The molecule has 1 aliphatic rings. The molecule has 122 valence electrons. The number of alkyl carbamates (subject to hydrolysis) is 1. The van der Waals surface area contributed by atoms with Crippen LogP contribution in [0.5, 0.6) is 0 Å². The summed E-state index contributed by atoms with van der Waals surface area (Å²) in [6.45, 7) is 9.25. The van der Waals surface area contributed by atoms with Crippen LogP contribution in [0.25, 0.3) is 0 Å². The Bertz CT molecular complexity index is 376. The molecule has 6 heteroatoms. The van der Waals surface area contributed by atoms with E-state index in [1.165, 1.54) is 0 Å². The summed E-state index contributed by atoms with van der Waals surface area (Å²) in [5.41, 5.74) is -0.508. The first-order valence-electron chi connectivity index (χ1n) is 7.57. The van der Waals surface area contributed by atoms with Gasteiger partial charge >= 0.3 is 12.1 Å². The molecule has 0 aromatic rings. The predicted molar refractivity (Wildman–Crippen MR) is 80.2 cm³/mol. The minimum Gasteiger partial charge on any atom is -0.480 e. The van der Waals surface area contributed by atoms with Crippen molar-refractivity contribution in [2.45, 2.75) is 77.6 Å². The van der Waals surface area contributed by atoms with Crippen molar-refractivity contribution in [1.29, 1.82) is 0 Å². The molecule has 0 aliphatic heterocycles. The van der Waals surface area contributed by atoms with Gasteiger partial charge in [0.25, 0.3) is 0 Å². The number of carbonyl (C=O) groups is 2. The first-order chi connectivity index (χ1) is 9.58. The summed E-state index contributed by atoms with van der Waals surface area (Å²) in [6.07, 6.45) is 2.01. The van der Waals surface area contributed by atoms with E-state index in [4.69, 9.17) is 4.74 Å². The van der Waals surface area contributed by atoms with Crippen LogP contribution in [0.4, 0.5) is 4.79 Å². The highest BCUT2D eigenvalue weighted by atomic mass is 16.6. The van der Waals surface area contributed by atoms with Gasteiger partial charge in [-0.05, 0) is 46.0 Å². The molecule has 1 saturated carbocycles. The molecule has 6 nitrogen and oxygen atoms in total. The fourth-order valence-electron chi connectivity index (χ4n) is 2.54. The highest BCUT2D eigenvalue weighted by Crippen LogP contribution is 2.21. The van der Waals surface area contributed by atoms with Crippen LogP contribution >= 0.6 is 0 Å². The molecule has 0 radical (unpaired) electrons. The molecule has 0 spiro atoms. The molecular formula is C15H28N2O4. The summed E-state index contributed by atoms with van der Waals surface area (Å²) in [5.74, 6) is -0.797. The highest BCUT2D eigenvalue weighted by Gasteiger charge is 2.31. The summed E-state index contributed by atoms with van der Waals surface area (Å²) < 4.78 is 5.23. The van der Waals surface area contributed by atoms with Gasteiger partial charge in [0.05, 0.1) is 0 Å². The molecule has 1 rings (SSSR count). The topological polar surface area (TPSA) is 87.7 Å². The fourth-order valence-corrected chi connectivity index (χ4v) is 2.54. The van der Waals surface area contributed by atoms with Crippen LogP contribution in [-0.4, -0.2) is 40.9 Å². The van der Waals surface area contributed by atoms with E-state index in [1.807, 2.05) is 34.6 Å². The Labute approximate surface area is 126 Å². The third-order valence-corrected chi connectivity index (χ3v) is 3.50. The molecule has 1 fully saturated rings. The Morgan fingerprint density at radius 1 is 1.19 bits per heavy atom. The normalized spacial score (nSPS) is 23.9. The molecule has 0 heterocycles. The van der Waals surface area contributed by atoms with E-state index in [-0.39, 0.29) is 18.0 Å². The summed E-state index contributed by atoms with van der Waals surface area (Å²) in [5, 5.41) is 15.2. The second kappa shape index (κ2) is 7.11. The second-order valence-corrected chi connectivity index (χ2v) is 7.08. The van der Waals surface area contributed by atoms with Gasteiger partial charge in [-0.3, -0.25) is 4.79 Å². The quantitative estimate of drug-likeness (QED) is 0.724. The van der Waals surface area contributed by atoms with Gasteiger partial charge in [0.15, 0.2) is 0 Å². The minimum atomic E-state index is -0.825. The van der Waals surface area contributed by atoms with Gasteiger partial charge in [-0.25, -0.2) is 4.79 Å².